The smallest absolute Gasteiger partial charge is 0.335 e. The molecule has 0 radical (unpaired) electrons. The third-order valence-electron chi connectivity index (χ3n) is 5.63. The van der Waals surface area contributed by atoms with Crippen molar-refractivity contribution in [2.45, 2.75) is 25.0 Å². The van der Waals surface area contributed by atoms with E-state index in [1.165, 1.54) is 12.1 Å². The maximum absolute atomic E-state index is 11.2. The quantitative estimate of drug-likeness (QED) is 0.641. The number of hydrogen-bond donors (Lipinski definition) is 1. The number of carboxylic acids is 1. The molecule has 1 spiro atoms. The van der Waals surface area contributed by atoms with Crippen molar-refractivity contribution in [1.82, 2.24) is 0 Å². The number of anilines is 1. The fourth-order valence-corrected chi connectivity index (χ4v) is 4.05. The Morgan fingerprint density at radius 3 is 2.63 bits per heavy atom. The van der Waals surface area contributed by atoms with Crippen LogP contribution in [0.25, 0.3) is 6.08 Å². The number of nitro groups is 1. The summed E-state index contributed by atoms with van der Waals surface area (Å²) in [6, 6.07) is 9.56. The molecule has 2 aliphatic rings. The molecule has 27 heavy (non-hydrogen) atoms. The number of aromatic carboxylic acids is 1. The van der Waals surface area contributed by atoms with Gasteiger partial charge in [-0.05, 0) is 55.8 Å². The summed E-state index contributed by atoms with van der Waals surface area (Å²) in [6.45, 7) is 3.97. The zero-order valence-corrected chi connectivity index (χ0v) is 15.1. The Morgan fingerprint density at radius 1 is 1.22 bits per heavy atom. The molecule has 0 aromatic heterocycles. The van der Waals surface area contributed by atoms with Gasteiger partial charge in [0.15, 0.2) is 0 Å². The Labute approximate surface area is 155 Å². The Morgan fingerprint density at radius 2 is 1.96 bits per heavy atom. The maximum Gasteiger partial charge on any atom is 0.335 e. The molecule has 138 valence electrons. The highest BCUT2D eigenvalue weighted by Gasteiger charge is 2.58. The molecule has 4 rings (SSSR count). The van der Waals surface area contributed by atoms with Crippen molar-refractivity contribution in [2.24, 2.45) is 0 Å². The predicted octanol–water partition coefficient (Wildman–Crippen LogP) is 3.82. The largest absolute Gasteiger partial charge is 0.478 e. The van der Waals surface area contributed by atoms with Gasteiger partial charge in [0.25, 0.3) is 5.69 Å². The van der Waals surface area contributed by atoms with E-state index >= 15 is 0 Å². The highest BCUT2D eigenvalue weighted by Crippen LogP contribution is 2.54. The molecule has 7 heteroatoms. The summed E-state index contributed by atoms with van der Waals surface area (Å²) in [4.78, 5) is 24.0. The lowest BCUT2D eigenvalue weighted by molar-refractivity contribution is -0.384. The van der Waals surface area contributed by atoms with Crippen LogP contribution in [0, 0.1) is 10.1 Å². The Kier molecular flexibility index (Phi) is 3.37. The number of carbonyl (C=O) groups is 1. The number of carboxylic acid groups (broad SMARTS) is 1. The van der Waals surface area contributed by atoms with Crippen LogP contribution in [0.15, 0.2) is 42.5 Å². The summed E-state index contributed by atoms with van der Waals surface area (Å²) in [5.74, 6) is -0.422. The van der Waals surface area contributed by atoms with Gasteiger partial charge in [-0.25, -0.2) is 4.79 Å². The fraction of sp³-hybridized carbons (Fsp3) is 0.250. The van der Waals surface area contributed by atoms with E-state index in [4.69, 9.17) is 4.74 Å². The van der Waals surface area contributed by atoms with Crippen LogP contribution in [0.2, 0.25) is 0 Å². The van der Waals surface area contributed by atoms with Crippen LogP contribution in [-0.2, 0) is 5.41 Å². The molecule has 0 unspecified atom stereocenters. The minimum atomic E-state index is -0.996. The number of likely N-dealkylation sites (N-methyl/N-ethyl adjacent to an activating group) is 1. The number of benzene rings is 2. The highest BCUT2D eigenvalue weighted by molar-refractivity contribution is 5.89. The molecule has 0 bridgehead atoms. The maximum atomic E-state index is 11.2. The van der Waals surface area contributed by atoms with Crippen LogP contribution >= 0.6 is 0 Å². The molecular weight excluding hydrogens is 348 g/mol. The van der Waals surface area contributed by atoms with Crippen LogP contribution in [0.5, 0.6) is 5.75 Å². The number of rotatable bonds is 2. The van der Waals surface area contributed by atoms with Crippen molar-refractivity contribution in [3.05, 3.63) is 69.3 Å². The van der Waals surface area contributed by atoms with E-state index in [-0.39, 0.29) is 11.3 Å². The second-order valence-corrected chi connectivity index (χ2v) is 7.33. The number of ether oxygens (including phenoxy) is 1. The SMILES string of the molecule is CN1c2ccc([N+](=O)[O-])cc2C(C)(C)[C@]12C=Cc1cc(C(=O)O)ccc1O2. The first-order chi connectivity index (χ1) is 12.7. The summed E-state index contributed by atoms with van der Waals surface area (Å²) < 4.78 is 6.40. The van der Waals surface area contributed by atoms with Crippen molar-refractivity contribution in [1.29, 1.82) is 0 Å². The zero-order valence-electron chi connectivity index (χ0n) is 15.1. The van der Waals surface area contributed by atoms with Gasteiger partial charge in [-0.2, -0.15) is 0 Å². The highest BCUT2D eigenvalue weighted by atomic mass is 16.6. The van der Waals surface area contributed by atoms with Gasteiger partial charge in [-0.1, -0.05) is 0 Å². The molecule has 7 nitrogen and oxygen atoms in total. The van der Waals surface area contributed by atoms with Gasteiger partial charge < -0.3 is 14.7 Å². The monoisotopic (exact) mass is 366 g/mol. The number of nitro benzene ring substituents is 1. The van der Waals surface area contributed by atoms with Crippen LogP contribution in [0.1, 0.15) is 35.3 Å². The average Bonchev–Trinajstić information content (AvgIpc) is 2.79. The van der Waals surface area contributed by atoms with E-state index in [1.54, 1.807) is 24.3 Å². The topological polar surface area (TPSA) is 92.9 Å². The molecule has 2 aliphatic heterocycles. The third kappa shape index (κ3) is 2.17. The van der Waals surface area contributed by atoms with Crippen molar-refractivity contribution in [3.63, 3.8) is 0 Å². The van der Waals surface area contributed by atoms with Crippen molar-refractivity contribution >= 4 is 23.4 Å². The third-order valence-corrected chi connectivity index (χ3v) is 5.63. The van der Waals surface area contributed by atoms with Crippen molar-refractivity contribution in [2.75, 3.05) is 11.9 Å². The number of nitrogens with zero attached hydrogens (tertiary/aromatic N) is 2. The lowest BCUT2D eigenvalue weighted by Crippen LogP contribution is -2.58. The first-order valence-corrected chi connectivity index (χ1v) is 8.46. The van der Waals surface area contributed by atoms with E-state index in [0.717, 1.165) is 11.3 Å². The average molecular weight is 366 g/mol. The number of fused-ring (bicyclic) bond motifs is 2. The van der Waals surface area contributed by atoms with Crippen LogP contribution in [-0.4, -0.2) is 28.8 Å². The Hall–Kier alpha value is -3.35. The molecule has 0 fully saturated rings. The molecular formula is C20H18N2O5. The Bertz CT molecular complexity index is 1030. The van der Waals surface area contributed by atoms with Gasteiger partial charge >= 0.3 is 5.97 Å². The van der Waals surface area contributed by atoms with E-state index in [0.29, 0.717) is 11.3 Å². The predicted molar refractivity (Wildman–Crippen MR) is 100 cm³/mol. The summed E-state index contributed by atoms with van der Waals surface area (Å²) in [6.07, 6.45) is 3.75. The van der Waals surface area contributed by atoms with E-state index in [2.05, 4.69) is 0 Å². The molecule has 1 N–H and O–H groups in total. The van der Waals surface area contributed by atoms with Gasteiger partial charge in [-0.15, -0.1) is 0 Å². The molecule has 2 aromatic carbocycles. The molecule has 0 amide bonds. The van der Waals surface area contributed by atoms with E-state index in [9.17, 15) is 20.0 Å². The lowest BCUT2D eigenvalue weighted by atomic mass is 9.76. The molecule has 0 saturated heterocycles. The van der Waals surface area contributed by atoms with E-state index < -0.39 is 22.0 Å². The van der Waals surface area contributed by atoms with Crippen LogP contribution in [0.3, 0.4) is 0 Å². The summed E-state index contributed by atoms with van der Waals surface area (Å²) in [5.41, 5.74) is 1.15. The first kappa shape index (κ1) is 17.1. The Balaban J connectivity index is 1.83. The second kappa shape index (κ2) is 5.33. The normalized spacial score (nSPS) is 21.5. The lowest BCUT2D eigenvalue weighted by Gasteiger charge is -2.45. The number of hydrogen-bond acceptors (Lipinski definition) is 5. The van der Waals surface area contributed by atoms with E-state index in [1.807, 2.05) is 37.9 Å². The van der Waals surface area contributed by atoms with Gasteiger partial charge in [0.1, 0.15) is 5.75 Å². The fourth-order valence-electron chi connectivity index (χ4n) is 4.05. The van der Waals surface area contributed by atoms with Crippen LogP contribution in [0.4, 0.5) is 11.4 Å². The van der Waals surface area contributed by atoms with Crippen molar-refractivity contribution in [3.8, 4) is 5.75 Å². The van der Waals surface area contributed by atoms with Gasteiger partial charge in [-0.3, -0.25) is 10.1 Å². The minimum absolute atomic E-state index is 0.0403. The summed E-state index contributed by atoms with van der Waals surface area (Å²) >= 11 is 0. The number of non-ortho nitro benzene ring substituents is 1. The second-order valence-electron chi connectivity index (χ2n) is 7.33. The minimum Gasteiger partial charge on any atom is -0.478 e. The molecule has 2 heterocycles. The van der Waals surface area contributed by atoms with Gasteiger partial charge in [0.2, 0.25) is 5.72 Å². The van der Waals surface area contributed by atoms with Crippen molar-refractivity contribution < 1.29 is 19.6 Å². The summed E-state index contributed by atoms with van der Waals surface area (Å²) in [7, 11) is 1.89. The molecule has 0 aliphatic carbocycles. The molecule has 0 saturated carbocycles. The first-order valence-electron chi connectivity index (χ1n) is 8.46. The van der Waals surface area contributed by atoms with Gasteiger partial charge in [0, 0.05) is 30.4 Å². The standard InChI is InChI=1S/C20H18N2O5/c1-19(2)15-11-14(22(25)26)5-6-16(15)21(3)20(19)9-8-12-10-13(18(23)24)4-7-17(12)27-20/h4-11H,1-3H3,(H,23,24)/t20-/m1/s1. The zero-order chi connectivity index (χ0) is 19.6. The van der Waals surface area contributed by atoms with Crippen LogP contribution < -0.4 is 9.64 Å². The molecule has 2 aromatic rings. The molecule has 1 atom stereocenters. The van der Waals surface area contributed by atoms with Gasteiger partial charge in [0.05, 0.1) is 15.9 Å². The summed E-state index contributed by atoms with van der Waals surface area (Å²) in [5, 5.41) is 20.4.